The van der Waals surface area contributed by atoms with Gasteiger partial charge in [0.1, 0.15) is 11.9 Å². The van der Waals surface area contributed by atoms with Crippen LogP contribution in [-0.2, 0) is 9.59 Å². The number of hydrogen-bond acceptors (Lipinski definition) is 4. The molecule has 2 atom stereocenters. The zero-order chi connectivity index (χ0) is 16.3. The second kappa shape index (κ2) is 6.50. The van der Waals surface area contributed by atoms with Crippen molar-refractivity contribution in [3.63, 3.8) is 0 Å². The molecule has 7 nitrogen and oxygen atoms in total. The summed E-state index contributed by atoms with van der Waals surface area (Å²) in [5.41, 5.74) is -0.0381. The zero-order valence-electron chi connectivity index (χ0n) is 12.0. The van der Waals surface area contributed by atoms with Gasteiger partial charge in [-0.05, 0) is 18.9 Å². The molecular weight excluding hydrogens is 293 g/mol. The van der Waals surface area contributed by atoms with E-state index >= 15 is 0 Å². The molecule has 0 spiro atoms. The highest BCUT2D eigenvalue weighted by Gasteiger charge is 2.38. The van der Waals surface area contributed by atoms with Gasteiger partial charge in [-0.3, -0.25) is 14.6 Å². The van der Waals surface area contributed by atoms with Crippen molar-refractivity contribution in [2.45, 2.75) is 18.9 Å². The first-order valence-corrected chi connectivity index (χ1v) is 6.80. The monoisotopic (exact) mass is 309 g/mol. The second-order valence-electron chi connectivity index (χ2n) is 5.09. The molecule has 22 heavy (non-hydrogen) atoms. The van der Waals surface area contributed by atoms with E-state index in [1.165, 1.54) is 13.2 Å². The third kappa shape index (κ3) is 3.21. The van der Waals surface area contributed by atoms with Crippen LogP contribution in [0.1, 0.15) is 23.2 Å². The molecule has 2 N–H and O–H groups in total. The SMILES string of the molecule is CNC(=O)[C@H]1CC[C@@H](C(=O)O)N(C(=O)c2cncc(F)c2)C1. The lowest BCUT2D eigenvalue weighted by Gasteiger charge is -2.36. The van der Waals surface area contributed by atoms with Crippen LogP contribution in [0.5, 0.6) is 0 Å². The minimum Gasteiger partial charge on any atom is -0.480 e. The van der Waals surface area contributed by atoms with E-state index in [0.29, 0.717) is 6.42 Å². The van der Waals surface area contributed by atoms with Crippen molar-refractivity contribution in [1.82, 2.24) is 15.2 Å². The Labute approximate surface area is 126 Å². The van der Waals surface area contributed by atoms with Crippen LogP contribution in [0.15, 0.2) is 18.5 Å². The number of carbonyl (C=O) groups excluding carboxylic acids is 2. The predicted molar refractivity (Wildman–Crippen MR) is 73.4 cm³/mol. The molecule has 0 aromatic carbocycles. The van der Waals surface area contributed by atoms with E-state index in [-0.39, 0.29) is 24.4 Å². The third-order valence-electron chi connectivity index (χ3n) is 3.70. The molecule has 1 aromatic rings. The van der Waals surface area contributed by atoms with E-state index < -0.39 is 29.7 Å². The van der Waals surface area contributed by atoms with Gasteiger partial charge in [-0.2, -0.15) is 0 Å². The molecule has 0 bridgehead atoms. The molecule has 1 saturated heterocycles. The Balaban J connectivity index is 2.27. The molecule has 1 fully saturated rings. The largest absolute Gasteiger partial charge is 0.480 e. The molecular formula is C14H16FN3O4. The number of amides is 2. The van der Waals surface area contributed by atoms with E-state index in [9.17, 15) is 23.9 Å². The first kappa shape index (κ1) is 15.9. The maximum atomic E-state index is 13.2. The molecule has 2 amide bonds. The second-order valence-corrected chi connectivity index (χ2v) is 5.09. The van der Waals surface area contributed by atoms with Crippen LogP contribution in [0, 0.1) is 11.7 Å². The fraction of sp³-hybridized carbons (Fsp3) is 0.429. The minimum atomic E-state index is -1.15. The molecule has 1 aliphatic heterocycles. The van der Waals surface area contributed by atoms with Crippen LogP contribution in [0.3, 0.4) is 0 Å². The highest BCUT2D eigenvalue weighted by molar-refractivity contribution is 5.97. The van der Waals surface area contributed by atoms with Gasteiger partial charge in [0.05, 0.1) is 17.7 Å². The molecule has 2 rings (SSSR count). The summed E-state index contributed by atoms with van der Waals surface area (Å²) in [4.78, 5) is 40.2. The number of carboxylic acids is 1. The average Bonchev–Trinajstić information content (AvgIpc) is 2.52. The highest BCUT2D eigenvalue weighted by Crippen LogP contribution is 2.24. The number of likely N-dealkylation sites (tertiary alicyclic amines) is 1. The van der Waals surface area contributed by atoms with Gasteiger partial charge in [-0.15, -0.1) is 0 Å². The van der Waals surface area contributed by atoms with Gasteiger partial charge in [0, 0.05) is 19.8 Å². The van der Waals surface area contributed by atoms with Crippen molar-refractivity contribution in [3.05, 3.63) is 29.8 Å². The lowest BCUT2D eigenvalue weighted by atomic mass is 9.91. The first-order valence-electron chi connectivity index (χ1n) is 6.80. The van der Waals surface area contributed by atoms with Crippen LogP contribution in [0.25, 0.3) is 0 Å². The summed E-state index contributed by atoms with van der Waals surface area (Å²) >= 11 is 0. The van der Waals surface area contributed by atoms with Crippen LogP contribution in [0.2, 0.25) is 0 Å². The van der Waals surface area contributed by atoms with E-state index in [0.717, 1.165) is 17.2 Å². The summed E-state index contributed by atoms with van der Waals surface area (Å²) in [6.45, 7) is -0.0218. The number of piperidine rings is 1. The van der Waals surface area contributed by atoms with Gasteiger partial charge < -0.3 is 15.3 Å². The Morgan fingerprint density at radius 2 is 2.09 bits per heavy atom. The topological polar surface area (TPSA) is 99.6 Å². The van der Waals surface area contributed by atoms with Crippen LogP contribution in [-0.4, -0.2) is 52.4 Å². The number of hydrogen-bond donors (Lipinski definition) is 2. The summed E-state index contributed by atoms with van der Waals surface area (Å²) in [7, 11) is 1.48. The Bertz CT molecular complexity index is 608. The van der Waals surface area contributed by atoms with Crippen LogP contribution < -0.4 is 5.32 Å². The Hall–Kier alpha value is -2.51. The lowest BCUT2D eigenvalue weighted by molar-refractivity contribution is -0.145. The predicted octanol–water partition coefficient (Wildman–Crippen LogP) is 0.272. The van der Waals surface area contributed by atoms with Crippen LogP contribution >= 0.6 is 0 Å². The Kier molecular flexibility index (Phi) is 4.69. The number of pyridine rings is 1. The van der Waals surface area contributed by atoms with Crippen molar-refractivity contribution in [3.8, 4) is 0 Å². The van der Waals surface area contributed by atoms with E-state index in [2.05, 4.69) is 10.3 Å². The summed E-state index contributed by atoms with van der Waals surface area (Å²) in [6.07, 6.45) is 2.67. The van der Waals surface area contributed by atoms with Crippen molar-refractivity contribution in [1.29, 1.82) is 0 Å². The number of nitrogens with zero attached hydrogens (tertiary/aromatic N) is 2. The third-order valence-corrected chi connectivity index (χ3v) is 3.70. The number of nitrogens with one attached hydrogen (secondary N) is 1. The van der Waals surface area contributed by atoms with Gasteiger partial charge in [0.15, 0.2) is 0 Å². The number of rotatable bonds is 3. The highest BCUT2D eigenvalue weighted by atomic mass is 19.1. The standard InChI is InChI=1S/C14H16FN3O4/c1-16-12(19)8-2-3-11(14(21)22)18(7-8)13(20)9-4-10(15)6-17-5-9/h4-6,8,11H,2-3,7H2,1H3,(H,16,19)(H,21,22)/t8-,11-/m0/s1. The molecule has 0 aliphatic carbocycles. The van der Waals surface area contributed by atoms with Gasteiger partial charge >= 0.3 is 5.97 Å². The normalized spacial score (nSPS) is 21.3. The molecule has 2 heterocycles. The fourth-order valence-corrected chi connectivity index (χ4v) is 2.56. The zero-order valence-corrected chi connectivity index (χ0v) is 12.0. The molecule has 0 radical (unpaired) electrons. The van der Waals surface area contributed by atoms with Crippen molar-refractivity contribution >= 4 is 17.8 Å². The number of halogens is 1. The van der Waals surface area contributed by atoms with Crippen molar-refractivity contribution in [2.24, 2.45) is 5.92 Å². The maximum absolute atomic E-state index is 13.2. The van der Waals surface area contributed by atoms with Gasteiger partial charge in [-0.25, -0.2) is 9.18 Å². The number of aliphatic carboxylic acids is 1. The Morgan fingerprint density at radius 3 is 2.68 bits per heavy atom. The molecule has 0 unspecified atom stereocenters. The smallest absolute Gasteiger partial charge is 0.326 e. The van der Waals surface area contributed by atoms with Crippen LogP contribution in [0.4, 0.5) is 4.39 Å². The molecule has 1 aromatic heterocycles. The maximum Gasteiger partial charge on any atom is 0.326 e. The van der Waals surface area contributed by atoms with Crippen molar-refractivity contribution in [2.75, 3.05) is 13.6 Å². The quantitative estimate of drug-likeness (QED) is 0.835. The van der Waals surface area contributed by atoms with Gasteiger partial charge in [-0.1, -0.05) is 0 Å². The Morgan fingerprint density at radius 1 is 1.36 bits per heavy atom. The fourth-order valence-electron chi connectivity index (χ4n) is 2.56. The number of carbonyl (C=O) groups is 3. The van der Waals surface area contributed by atoms with Gasteiger partial charge in [0.2, 0.25) is 5.91 Å². The summed E-state index contributed by atoms with van der Waals surface area (Å²) in [6, 6.07) is -0.0331. The summed E-state index contributed by atoms with van der Waals surface area (Å²) in [5, 5.41) is 11.7. The van der Waals surface area contributed by atoms with E-state index in [1.807, 2.05) is 0 Å². The average molecular weight is 309 g/mol. The van der Waals surface area contributed by atoms with E-state index in [1.54, 1.807) is 0 Å². The number of aromatic nitrogens is 1. The number of carboxylic acid groups (broad SMARTS) is 1. The molecule has 1 aliphatic rings. The lowest BCUT2D eigenvalue weighted by Crippen LogP contribution is -2.53. The summed E-state index contributed by atoms with van der Waals surface area (Å²) in [5.74, 6) is -3.20. The molecule has 8 heteroatoms. The molecule has 118 valence electrons. The van der Waals surface area contributed by atoms with Gasteiger partial charge in [0.25, 0.3) is 5.91 Å². The summed E-state index contributed by atoms with van der Waals surface area (Å²) < 4.78 is 13.2. The van der Waals surface area contributed by atoms with E-state index in [4.69, 9.17) is 0 Å². The minimum absolute atomic E-state index is 0.0218. The van der Waals surface area contributed by atoms with Crippen molar-refractivity contribution < 1.29 is 23.9 Å². The molecule has 0 saturated carbocycles. The first-order chi connectivity index (χ1) is 10.4.